The maximum Gasteiger partial charge on any atom is 0.172 e. The number of methoxy groups -OCH3 is 1. The summed E-state index contributed by atoms with van der Waals surface area (Å²) in [6.45, 7) is 0.434. The summed E-state index contributed by atoms with van der Waals surface area (Å²) in [7, 11) is 1.44. The Morgan fingerprint density at radius 2 is 1.74 bits per heavy atom. The van der Waals surface area contributed by atoms with Gasteiger partial charge in [0.2, 0.25) is 0 Å². The van der Waals surface area contributed by atoms with Crippen LogP contribution in [-0.2, 0) is 17.8 Å². The molecule has 4 rings (SSSR count). The molecule has 0 amide bonds. The summed E-state index contributed by atoms with van der Waals surface area (Å²) in [5.41, 5.74) is 2.84. The molecule has 0 saturated heterocycles. The highest BCUT2D eigenvalue weighted by molar-refractivity contribution is 5.68. The van der Waals surface area contributed by atoms with Crippen LogP contribution in [-0.4, -0.2) is 7.11 Å². The van der Waals surface area contributed by atoms with Crippen LogP contribution in [0.2, 0.25) is 0 Å². The van der Waals surface area contributed by atoms with Crippen molar-refractivity contribution in [1.29, 1.82) is 0 Å². The van der Waals surface area contributed by atoms with Gasteiger partial charge in [-0.25, -0.2) is 4.39 Å². The third-order valence-corrected chi connectivity index (χ3v) is 4.46. The lowest BCUT2D eigenvalue weighted by molar-refractivity contribution is 0.184. The van der Waals surface area contributed by atoms with E-state index in [0.29, 0.717) is 30.1 Å². The molecule has 0 spiro atoms. The second kappa shape index (κ2) is 7.54. The van der Waals surface area contributed by atoms with Crippen LogP contribution in [0.3, 0.4) is 0 Å². The summed E-state index contributed by atoms with van der Waals surface area (Å²) in [5.74, 6) is 1.84. The Labute approximate surface area is 157 Å². The van der Waals surface area contributed by atoms with Crippen LogP contribution >= 0.6 is 0 Å². The van der Waals surface area contributed by atoms with Crippen LogP contribution in [0.1, 0.15) is 16.7 Å². The Kier molecular flexibility index (Phi) is 4.79. The minimum absolute atomic E-state index is 0.171. The van der Waals surface area contributed by atoms with Crippen LogP contribution in [0.15, 0.2) is 78.6 Å². The molecule has 1 aliphatic rings. The minimum atomic E-state index is -0.412. The lowest BCUT2D eigenvalue weighted by Gasteiger charge is -2.24. The monoisotopic (exact) mass is 362 g/mol. The topological polar surface area (TPSA) is 27.7 Å². The largest absolute Gasteiger partial charge is 0.494 e. The van der Waals surface area contributed by atoms with Gasteiger partial charge in [0.25, 0.3) is 0 Å². The van der Waals surface area contributed by atoms with E-state index in [4.69, 9.17) is 14.2 Å². The fraction of sp³-hybridized carbons (Fsp3) is 0.130. The zero-order valence-corrected chi connectivity index (χ0v) is 14.9. The molecule has 3 aromatic rings. The van der Waals surface area contributed by atoms with Crippen molar-refractivity contribution in [3.05, 3.63) is 101 Å². The Morgan fingerprint density at radius 1 is 0.963 bits per heavy atom. The average Bonchev–Trinajstić information content (AvgIpc) is 2.72. The van der Waals surface area contributed by atoms with Gasteiger partial charge in [0.1, 0.15) is 18.1 Å². The summed E-state index contributed by atoms with van der Waals surface area (Å²) in [4.78, 5) is 0. The number of hydrogen-bond donors (Lipinski definition) is 0. The van der Waals surface area contributed by atoms with Crippen LogP contribution in [0.4, 0.5) is 4.39 Å². The van der Waals surface area contributed by atoms with Gasteiger partial charge in [0, 0.05) is 17.5 Å². The number of hydrogen-bond acceptors (Lipinski definition) is 3. The minimum Gasteiger partial charge on any atom is -0.494 e. The van der Waals surface area contributed by atoms with E-state index in [1.54, 1.807) is 12.1 Å². The molecule has 0 unspecified atom stereocenters. The molecular weight excluding hydrogens is 343 g/mol. The Morgan fingerprint density at radius 3 is 2.56 bits per heavy atom. The van der Waals surface area contributed by atoms with E-state index in [2.05, 4.69) is 0 Å². The summed E-state index contributed by atoms with van der Waals surface area (Å²) in [6.07, 6.45) is 0.609. The van der Waals surface area contributed by atoms with Gasteiger partial charge in [-0.3, -0.25) is 0 Å². The number of halogens is 1. The van der Waals surface area contributed by atoms with Crippen LogP contribution in [0, 0.1) is 5.82 Å². The zero-order valence-electron chi connectivity index (χ0n) is 14.9. The highest BCUT2D eigenvalue weighted by atomic mass is 19.1. The number of fused-ring (bicyclic) bond motifs is 1. The molecule has 0 aromatic heterocycles. The molecule has 136 valence electrons. The van der Waals surface area contributed by atoms with E-state index in [-0.39, 0.29) is 5.75 Å². The highest BCUT2D eigenvalue weighted by Gasteiger charge is 2.23. The lowest BCUT2D eigenvalue weighted by Crippen LogP contribution is -2.12. The number of allylic oxidation sites excluding steroid dienone is 1. The molecular formula is C23H19FO3. The Bertz CT molecular complexity index is 980. The molecule has 0 N–H and O–H groups in total. The first-order chi connectivity index (χ1) is 13.2. The van der Waals surface area contributed by atoms with Crippen LogP contribution in [0.25, 0.3) is 5.76 Å². The van der Waals surface area contributed by atoms with Crippen molar-refractivity contribution in [2.45, 2.75) is 13.0 Å². The van der Waals surface area contributed by atoms with Gasteiger partial charge in [-0.2, -0.15) is 0 Å². The Hall–Kier alpha value is -3.27. The fourth-order valence-electron chi connectivity index (χ4n) is 3.05. The van der Waals surface area contributed by atoms with E-state index < -0.39 is 5.82 Å². The smallest absolute Gasteiger partial charge is 0.172 e. The number of rotatable bonds is 5. The Balaban J connectivity index is 1.71. The van der Waals surface area contributed by atoms with Gasteiger partial charge >= 0.3 is 0 Å². The predicted octanol–water partition coefficient (Wildman–Crippen LogP) is 5.35. The molecule has 4 heteroatoms. The highest BCUT2D eigenvalue weighted by Crippen LogP contribution is 2.36. The van der Waals surface area contributed by atoms with Gasteiger partial charge < -0.3 is 14.2 Å². The number of benzene rings is 3. The van der Waals surface area contributed by atoms with Gasteiger partial charge in [-0.15, -0.1) is 0 Å². The predicted molar refractivity (Wildman–Crippen MR) is 102 cm³/mol. The molecule has 27 heavy (non-hydrogen) atoms. The molecule has 3 aromatic carbocycles. The van der Waals surface area contributed by atoms with Crippen molar-refractivity contribution in [2.75, 3.05) is 7.11 Å². The maximum atomic E-state index is 13.8. The summed E-state index contributed by atoms with van der Waals surface area (Å²) in [6, 6.07) is 22.5. The van der Waals surface area contributed by atoms with E-state index in [0.717, 1.165) is 16.9 Å². The molecule has 0 atom stereocenters. The lowest BCUT2D eigenvalue weighted by atomic mass is 10.0. The molecule has 0 saturated carbocycles. The van der Waals surface area contributed by atoms with Gasteiger partial charge in [0.15, 0.2) is 17.3 Å². The van der Waals surface area contributed by atoms with Crippen LogP contribution in [0.5, 0.6) is 11.5 Å². The van der Waals surface area contributed by atoms with Crippen LogP contribution < -0.4 is 9.47 Å². The summed E-state index contributed by atoms with van der Waals surface area (Å²) < 4.78 is 31.2. The normalized spacial score (nSPS) is 13.0. The van der Waals surface area contributed by atoms with Gasteiger partial charge in [-0.05, 0) is 29.8 Å². The SMILES string of the molecule is COc1cc(C2=C(OCc3ccccc3)Cc3ccccc3O2)ccc1F. The summed E-state index contributed by atoms with van der Waals surface area (Å²) in [5, 5.41) is 0. The van der Waals surface area contributed by atoms with E-state index in [1.165, 1.54) is 13.2 Å². The second-order valence-electron chi connectivity index (χ2n) is 6.26. The molecule has 0 bridgehead atoms. The van der Waals surface area contributed by atoms with Crippen molar-refractivity contribution in [3.8, 4) is 11.5 Å². The first kappa shape index (κ1) is 17.2. The van der Waals surface area contributed by atoms with Gasteiger partial charge in [0.05, 0.1) is 7.11 Å². The summed E-state index contributed by atoms with van der Waals surface area (Å²) >= 11 is 0. The average molecular weight is 362 g/mol. The molecule has 0 fully saturated rings. The zero-order chi connectivity index (χ0) is 18.6. The van der Waals surface area contributed by atoms with Crippen molar-refractivity contribution in [3.63, 3.8) is 0 Å². The second-order valence-corrected chi connectivity index (χ2v) is 6.26. The fourth-order valence-corrected chi connectivity index (χ4v) is 3.05. The van der Waals surface area contributed by atoms with Crippen molar-refractivity contribution >= 4 is 5.76 Å². The molecule has 3 nitrogen and oxygen atoms in total. The number of para-hydroxylation sites is 1. The van der Waals surface area contributed by atoms with Crippen molar-refractivity contribution in [1.82, 2.24) is 0 Å². The van der Waals surface area contributed by atoms with Crippen molar-refractivity contribution in [2.24, 2.45) is 0 Å². The molecule has 1 aliphatic heterocycles. The van der Waals surface area contributed by atoms with Gasteiger partial charge in [-0.1, -0.05) is 48.5 Å². The van der Waals surface area contributed by atoms with E-state index >= 15 is 0 Å². The quantitative estimate of drug-likeness (QED) is 0.612. The van der Waals surface area contributed by atoms with E-state index in [1.807, 2.05) is 54.6 Å². The molecule has 1 heterocycles. The third kappa shape index (κ3) is 3.65. The third-order valence-electron chi connectivity index (χ3n) is 4.46. The van der Waals surface area contributed by atoms with E-state index in [9.17, 15) is 4.39 Å². The first-order valence-corrected chi connectivity index (χ1v) is 8.74. The van der Waals surface area contributed by atoms with Crippen molar-refractivity contribution < 1.29 is 18.6 Å². The standard InChI is InChI=1S/C23H19FO3/c1-25-21-14-18(11-12-19(21)24)23-22(26-15-16-7-3-2-4-8-16)13-17-9-5-6-10-20(17)27-23/h2-12,14H,13,15H2,1H3. The number of ether oxygens (including phenoxy) is 3. The maximum absolute atomic E-state index is 13.8. The molecule has 0 radical (unpaired) electrons. The first-order valence-electron chi connectivity index (χ1n) is 8.74. The molecule has 0 aliphatic carbocycles.